The molecule has 2 fully saturated rings. The Hall–Kier alpha value is -1.47. The second-order valence-electron chi connectivity index (χ2n) is 4.77. The number of hydrogen-bond acceptors (Lipinski definition) is 6. The minimum absolute atomic E-state index is 0.320. The summed E-state index contributed by atoms with van der Waals surface area (Å²) in [5, 5.41) is 12.5. The standard InChI is InChI=1S/C14H17NO5/c1-17-12-7-10(15-16)13-11(19-12)8-18-14(20-13)9-5-3-2-4-6-9/h2-6,11-14,16H,7-8H2,1H3/t11-,12+,13+,14?/m1/s1. The zero-order chi connectivity index (χ0) is 13.9. The second-order valence-corrected chi connectivity index (χ2v) is 4.77. The van der Waals surface area contributed by atoms with Crippen molar-refractivity contribution in [3.63, 3.8) is 0 Å². The highest BCUT2D eigenvalue weighted by Crippen LogP contribution is 2.32. The van der Waals surface area contributed by atoms with Gasteiger partial charge in [0.2, 0.25) is 0 Å². The molecule has 6 heteroatoms. The molecule has 1 N–H and O–H groups in total. The Morgan fingerprint density at radius 3 is 2.75 bits per heavy atom. The third-order valence-corrected chi connectivity index (χ3v) is 3.51. The molecule has 2 aliphatic rings. The Morgan fingerprint density at radius 1 is 1.25 bits per heavy atom. The molecule has 2 saturated heterocycles. The van der Waals surface area contributed by atoms with Crippen molar-refractivity contribution in [2.24, 2.45) is 5.16 Å². The molecule has 1 unspecified atom stereocenters. The summed E-state index contributed by atoms with van der Waals surface area (Å²) in [6, 6.07) is 9.65. The van der Waals surface area contributed by atoms with E-state index in [0.717, 1.165) is 5.56 Å². The lowest BCUT2D eigenvalue weighted by Crippen LogP contribution is -2.53. The van der Waals surface area contributed by atoms with Crippen LogP contribution in [0.5, 0.6) is 0 Å². The van der Waals surface area contributed by atoms with Crippen molar-refractivity contribution in [1.29, 1.82) is 0 Å². The highest BCUT2D eigenvalue weighted by atomic mass is 16.7. The molecule has 0 aliphatic carbocycles. The van der Waals surface area contributed by atoms with E-state index >= 15 is 0 Å². The van der Waals surface area contributed by atoms with Crippen molar-refractivity contribution in [2.45, 2.75) is 31.2 Å². The van der Waals surface area contributed by atoms with E-state index in [4.69, 9.17) is 24.2 Å². The van der Waals surface area contributed by atoms with Crippen LogP contribution in [0.15, 0.2) is 35.5 Å². The van der Waals surface area contributed by atoms with Crippen molar-refractivity contribution in [1.82, 2.24) is 0 Å². The Morgan fingerprint density at radius 2 is 2.05 bits per heavy atom. The maximum absolute atomic E-state index is 9.16. The first-order valence-electron chi connectivity index (χ1n) is 6.53. The molecule has 1 aromatic rings. The molecule has 4 atom stereocenters. The lowest BCUT2D eigenvalue weighted by Gasteiger charge is -2.41. The molecule has 0 aromatic heterocycles. The average molecular weight is 279 g/mol. The van der Waals surface area contributed by atoms with Crippen LogP contribution in [0.3, 0.4) is 0 Å². The minimum Gasteiger partial charge on any atom is -0.411 e. The predicted molar refractivity (Wildman–Crippen MR) is 69.5 cm³/mol. The highest BCUT2D eigenvalue weighted by Gasteiger charge is 2.42. The molecule has 0 spiro atoms. The number of benzene rings is 1. The molecular weight excluding hydrogens is 262 g/mol. The van der Waals surface area contributed by atoms with Crippen LogP contribution >= 0.6 is 0 Å². The van der Waals surface area contributed by atoms with Gasteiger partial charge in [-0.05, 0) is 0 Å². The maximum atomic E-state index is 9.16. The molecule has 20 heavy (non-hydrogen) atoms. The van der Waals surface area contributed by atoms with Crippen LogP contribution in [0.4, 0.5) is 0 Å². The second kappa shape index (κ2) is 5.88. The summed E-state index contributed by atoms with van der Waals surface area (Å²) in [5.41, 5.74) is 1.45. The van der Waals surface area contributed by atoms with Crippen molar-refractivity contribution in [2.75, 3.05) is 13.7 Å². The summed E-state index contributed by atoms with van der Waals surface area (Å²) in [5.74, 6) is 0. The van der Waals surface area contributed by atoms with Gasteiger partial charge < -0.3 is 24.2 Å². The fourth-order valence-electron chi connectivity index (χ4n) is 2.49. The molecule has 108 valence electrons. The van der Waals surface area contributed by atoms with Crippen molar-refractivity contribution >= 4 is 5.71 Å². The van der Waals surface area contributed by atoms with Gasteiger partial charge in [-0.15, -0.1) is 0 Å². The third-order valence-electron chi connectivity index (χ3n) is 3.51. The smallest absolute Gasteiger partial charge is 0.184 e. The molecule has 2 aliphatic heterocycles. The molecule has 3 rings (SSSR count). The van der Waals surface area contributed by atoms with Crippen LogP contribution in [0.25, 0.3) is 0 Å². The monoisotopic (exact) mass is 279 g/mol. The molecule has 2 heterocycles. The molecule has 0 amide bonds. The Balaban J connectivity index is 1.76. The number of methoxy groups -OCH3 is 1. The minimum atomic E-state index is -0.475. The predicted octanol–water partition coefficient (Wildman–Crippen LogP) is 1.69. The number of ether oxygens (including phenoxy) is 4. The Kier molecular flexibility index (Phi) is 3.98. The van der Waals surface area contributed by atoms with Gasteiger partial charge >= 0.3 is 0 Å². The van der Waals surface area contributed by atoms with Crippen molar-refractivity contribution in [3.05, 3.63) is 35.9 Å². The van der Waals surface area contributed by atoms with Gasteiger partial charge in [-0.25, -0.2) is 0 Å². The molecule has 0 saturated carbocycles. The first-order chi connectivity index (χ1) is 9.81. The first kappa shape index (κ1) is 13.5. The fourth-order valence-corrected chi connectivity index (χ4v) is 2.49. The lowest BCUT2D eigenvalue weighted by atomic mass is 10.0. The molecule has 1 aromatic carbocycles. The summed E-state index contributed by atoms with van der Waals surface area (Å²) >= 11 is 0. The van der Waals surface area contributed by atoms with Crippen LogP contribution in [-0.4, -0.2) is 43.1 Å². The van der Waals surface area contributed by atoms with Gasteiger partial charge in [0.25, 0.3) is 0 Å². The van der Waals surface area contributed by atoms with Gasteiger partial charge in [-0.1, -0.05) is 35.5 Å². The zero-order valence-corrected chi connectivity index (χ0v) is 11.1. The number of rotatable bonds is 2. The summed E-state index contributed by atoms with van der Waals surface area (Å²) < 4.78 is 22.4. The number of oxime groups is 1. The van der Waals surface area contributed by atoms with Crippen LogP contribution in [0.2, 0.25) is 0 Å². The Bertz CT molecular complexity index is 478. The molecular formula is C14H17NO5. The molecule has 6 nitrogen and oxygen atoms in total. The normalized spacial score (nSPS) is 35.8. The van der Waals surface area contributed by atoms with E-state index in [0.29, 0.717) is 18.7 Å². The fraction of sp³-hybridized carbons (Fsp3) is 0.500. The quantitative estimate of drug-likeness (QED) is 0.659. The van der Waals surface area contributed by atoms with E-state index in [1.165, 1.54) is 0 Å². The first-order valence-corrected chi connectivity index (χ1v) is 6.53. The molecule has 0 radical (unpaired) electrons. The number of fused-ring (bicyclic) bond motifs is 1. The highest BCUT2D eigenvalue weighted by molar-refractivity contribution is 5.89. The number of nitrogens with zero attached hydrogens (tertiary/aromatic N) is 1. The summed E-state index contributed by atoms with van der Waals surface area (Å²) in [7, 11) is 1.55. The zero-order valence-electron chi connectivity index (χ0n) is 11.1. The van der Waals surface area contributed by atoms with E-state index < -0.39 is 18.7 Å². The third kappa shape index (κ3) is 2.55. The maximum Gasteiger partial charge on any atom is 0.184 e. The van der Waals surface area contributed by atoms with Gasteiger partial charge in [0.1, 0.15) is 12.2 Å². The van der Waals surface area contributed by atoms with Crippen LogP contribution in [0.1, 0.15) is 18.3 Å². The molecule has 0 bridgehead atoms. The summed E-state index contributed by atoms with van der Waals surface area (Å²) in [4.78, 5) is 0. The van der Waals surface area contributed by atoms with Crippen LogP contribution in [0, 0.1) is 0 Å². The van der Waals surface area contributed by atoms with Gasteiger partial charge in [-0.3, -0.25) is 0 Å². The SMILES string of the molecule is CO[C@@H]1CC(=NO)[C@@H]2OC(c3ccccc3)OC[C@H]2O1. The van der Waals surface area contributed by atoms with Gasteiger partial charge in [0, 0.05) is 19.1 Å². The van der Waals surface area contributed by atoms with E-state index in [1.54, 1.807) is 7.11 Å². The lowest BCUT2D eigenvalue weighted by molar-refractivity contribution is -0.286. The Labute approximate surface area is 116 Å². The van der Waals surface area contributed by atoms with Crippen molar-refractivity contribution < 1.29 is 24.2 Å². The largest absolute Gasteiger partial charge is 0.411 e. The van der Waals surface area contributed by atoms with Crippen LogP contribution < -0.4 is 0 Å². The van der Waals surface area contributed by atoms with Gasteiger partial charge in [-0.2, -0.15) is 0 Å². The topological polar surface area (TPSA) is 69.5 Å². The van der Waals surface area contributed by atoms with Gasteiger partial charge in [0.15, 0.2) is 12.6 Å². The van der Waals surface area contributed by atoms with E-state index in [9.17, 15) is 0 Å². The van der Waals surface area contributed by atoms with E-state index in [1.807, 2.05) is 30.3 Å². The van der Waals surface area contributed by atoms with Crippen LogP contribution in [-0.2, 0) is 18.9 Å². The van der Waals surface area contributed by atoms with E-state index in [2.05, 4.69) is 5.16 Å². The summed E-state index contributed by atoms with van der Waals surface area (Å²) in [6.45, 7) is 0.364. The summed E-state index contributed by atoms with van der Waals surface area (Å²) in [6.07, 6.45) is -1.25. The average Bonchev–Trinajstić information content (AvgIpc) is 2.54. The van der Waals surface area contributed by atoms with Crippen molar-refractivity contribution in [3.8, 4) is 0 Å². The number of hydrogen-bond donors (Lipinski definition) is 1. The van der Waals surface area contributed by atoms with E-state index in [-0.39, 0.29) is 6.10 Å². The van der Waals surface area contributed by atoms with Gasteiger partial charge in [0.05, 0.1) is 12.3 Å².